The Bertz CT molecular complexity index is 1120. The zero-order valence-corrected chi connectivity index (χ0v) is 21.2. The summed E-state index contributed by atoms with van der Waals surface area (Å²) < 4.78 is 4.40. The maximum atomic E-state index is 11.0. The molecule has 0 spiro atoms. The van der Waals surface area contributed by atoms with Crippen molar-refractivity contribution in [2.45, 2.75) is 19.2 Å². The number of hydrogen-bond donors (Lipinski definition) is 1. The van der Waals surface area contributed by atoms with Crippen LogP contribution >= 0.6 is 43.2 Å². The number of aromatic nitrogens is 1. The van der Waals surface area contributed by atoms with E-state index in [1.165, 1.54) is 16.3 Å². The van der Waals surface area contributed by atoms with Gasteiger partial charge in [-0.05, 0) is 58.8 Å². The van der Waals surface area contributed by atoms with Gasteiger partial charge < -0.3 is 9.67 Å². The van der Waals surface area contributed by atoms with Crippen LogP contribution in [0.5, 0.6) is 0 Å². The van der Waals surface area contributed by atoms with Gasteiger partial charge >= 0.3 is 0 Å². The number of rotatable bonds is 6. The molecule has 1 aliphatic heterocycles. The number of aliphatic hydroxyl groups excluding tert-OH is 1. The second kappa shape index (κ2) is 9.33. The molecule has 4 nitrogen and oxygen atoms in total. The van der Waals surface area contributed by atoms with Gasteiger partial charge in [-0.3, -0.25) is 9.80 Å². The summed E-state index contributed by atoms with van der Waals surface area (Å²) in [5, 5.41) is 17.8. The summed E-state index contributed by atoms with van der Waals surface area (Å²) in [5.74, 6) is 0. The Labute approximate surface area is 203 Å². The van der Waals surface area contributed by atoms with Crippen LogP contribution in [0.15, 0.2) is 62.2 Å². The molecule has 1 saturated heterocycles. The summed E-state index contributed by atoms with van der Waals surface area (Å²) in [6.07, 6.45) is -0.408. The van der Waals surface area contributed by atoms with Crippen LogP contribution < -0.4 is 0 Å². The first-order valence-electron chi connectivity index (χ1n) is 10.6. The highest BCUT2D eigenvalue weighted by molar-refractivity contribution is 9.10. The summed E-state index contributed by atoms with van der Waals surface area (Å²) in [6.45, 7) is 6.47. The van der Waals surface area contributed by atoms with E-state index in [1.54, 1.807) is 11.3 Å². The van der Waals surface area contributed by atoms with Crippen LogP contribution in [0.25, 0.3) is 21.8 Å². The Hall–Kier alpha value is -1.22. The third-order valence-electron chi connectivity index (χ3n) is 6.10. The average Bonchev–Trinajstić information content (AvgIpc) is 3.36. The molecule has 2 aromatic heterocycles. The molecule has 0 radical (unpaired) electrons. The summed E-state index contributed by atoms with van der Waals surface area (Å²) in [7, 11) is 0. The summed E-state index contributed by atoms with van der Waals surface area (Å²) in [6, 6.07) is 15.0. The zero-order chi connectivity index (χ0) is 21.4. The quantitative estimate of drug-likeness (QED) is 0.334. The van der Waals surface area contributed by atoms with E-state index < -0.39 is 6.10 Å². The van der Waals surface area contributed by atoms with Crippen LogP contribution in [-0.4, -0.2) is 58.3 Å². The van der Waals surface area contributed by atoms with Crippen molar-refractivity contribution in [2.75, 3.05) is 32.7 Å². The Balaban J connectivity index is 1.28. The lowest BCUT2D eigenvalue weighted by molar-refractivity contribution is 0.0634. The van der Waals surface area contributed by atoms with Crippen molar-refractivity contribution in [3.8, 4) is 0 Å². The molecule has 1 N–H and O–H groups in total. The lowest BCUT2D eigenvalue weighted by Gasteiger charge is -2.35. The summed E-state index contributed by atoms with van der Waals surface area (Å²) >= 11 is 8.97. The van der Waals surface area contributed by atoms with Gasteiger partial charge in [0.05, 0.1) is 12.6 Å². The number of thiophene rings is 1. The van der Waals surface area contributed by atoms with Crippen LogP contribution in [0.3, 0.4) is 0 Å². The van der Waals surface area contributed by atoms with Gasteiger partial charge in [0.25, 0.3) is 0 Å². The molecule has 5 rings (SSSR count). The zero-order valence-electron chi connectivity index (χ0n) is 17.2. The van der Waals surface area contributed by atoms with E-state index in [4.69, 9.17) is 0 Å². The van der Waals surface area contributed by atoms with Gasteiger partial charge in [0.15, 0.2) is 0 Å². The third kappa shape index (κ3) is 4.77. The van der Waals surface area contributed by atoms with Crippen molar-refractivity contribution >= 4 is 65.0 Å². The topological polar surface area (TPSA) is 31.6 Å². The van der Waals surface area contributed by atoms with Gasteiger partial charge in [0, 0.05) is 70.0 Å². The number of aliphatic hydroxyl groups is 1. The number of hydrogen-bond acceptors (Lipinski definition) is 4. The maximum Gasteiger partial charge on any atom is 0.0845 e. The van der Waals surface area contributed by atoms with E-state index in [9.17, 15) is 5.11 Å². The molecule has 4 aromatic rings. The van der Waals surface area contributed by atoms with Crippen molar-refractivity contribution in [1.82, 2.24) is 14.4 Å². The number of piperazine rings is 1. The number of fused-ring (bicyclic) bond motifs is 3. The number of benzene rings is 2. The Morgan fingerprint density at radius 2 is 1.45 bits per heavy atom. The van der Waals surface area contributed by atoms with E-state index in [2.05, 4.69) is 99.5 Å². The summed E-state index contributed by atoms with van der Waals surface area (Å²) in [5.41, 5.74) is 3.73. The van der Waals surface area contributed by atoms with Gasteiger partial charge in [-0.25, -0.2) is 0 Å². The van der Waals surface area contributed by atoms with Gasteiger partial charge in [-0.15, -0.1) is 0 Å². The largest absolute Gasteiger partial charge is 0.390 e. The van der Waals surface area contributed by atoms with Gasteiger partial charge in [-0.1, -0.05) is 31.9 Å². The summed E-state index contributed by atoms with van der Waals surface area (Å²) in [4.78, 5) is 4.91. The molecule has 0 amide bonds. The Morgan fingerprint density at radius 1 is 0.839 bits per heavy atom. The highest BCUT2D eigenvalue weighted by Gasteiger charge is 2.21. The standard InChI is InChI=1S/C24H25Br2N3OS/c25-18-1-3-23-21(11-18)22-12-19(26)2-4-24(22)29(23)15-20(30)14-28-8-6-27(7-9-28)13-17-5-10-31-16-17/h1-5,10-12,16,20,30H,6-9,13-15H2/t20-/m0/s1. The molecule has 162 valence electrons. The van der Waals surface area contributed by atoms with Gasteiger partial charge in [0.2, 0.25) is 0 Å². The van der Waals surface area contributed by atoms with Crippen molar-refractivity contribution < 1.29 is 5.11 Å². The SMILES string of the molecule is O[C@@H](CN1CCN(Cc2ccsc2)CC1)Cn1c2ccc(Br)cc2c2cc(Br)ccc21. The Morgan fingerprint density at radius 3 is 2.03 bits per heavy atom. The van der Waals surface area contributed by atoms with E-state index >= 15 is 0 Å². The normalized spacial score (nSPS) is 17.0. The molecule has 0 unspecified atom stereocenters. The first kappa shape index (κ1) is 21.6. The molecule has 1 fully saturated rings. The number of β-amino-alcohol motifs (C(OH)–C–C–N with tert-alkyl or cyclic N) is 1. The van der Waals surface area contributed by atoms with Gasteiger partial charge in [0.1, 0.15) is 0 Å². The molecule has 0 bridgehead atoms. The molecular formula is C24H25Br2N3OS. The third-order valence-corrected chi connectivity index (χ3v) is 7.82. The fourth-order valence-electron chi connectivity index (χ4n) is 4.58. The van der Waals surface area contributed by atoms with E-state index in [0.717, 1.165) is 52.7 Å². The minimum absolute atomic E-state index is 0.408. The molecule has 1 aliphatic rings. The van der Waals surface area contributed by atoms with Crippen molar-refractivity contribution in [3.05, 3.63) is 67.7 Å². The lowest BCUT2D eigenvalue weighted by Crippen LogP contribution is -2.48. The van der Waals surface area contributed by atoms with E-state index in [0.29, 0.717) is 13.1 Å². The molecule has 3 heterocycles. The fourth-order valence-corrected chi connectivity index (χ4v) is 5.96. The molecular weight excluding hydrogens is 538 g/mol. The van der Waals surface area contributed by atoms with Crippen molar-refractivity contribution in [2.24, 2.45) is 0 Å². The van der Waals surface area contributed by atoms with E-state index in [1.807, 2.05) is 0 Å². The molecule has 0 saturated carbocycles. The minimum Gasteiger partial charge on any atom is -0.390 e. The number of nitrogens with zero attached hydrogens (tertiary/aromatic N) is 3. The van der Waals surface area contributed by atoms with Crippen LogP contribution in [0.4, 0.5) is 0 Å². The van der Waals surface area contributed by atoms with Crippen LogP contribution in [0, 0.1) is 0 Å². The van der Waals surface area contributed by atoms with E-state index in [-0.39, 0.29) is 0 Å². The maximum absolute atomic E-state index is 11.0. The molecule has 0 aliphatic carbocycles. The average molecular weight is 563 g/mol. The number of halogens is 2. The van der Waals surface area contributed by atoms with Crippen LogP contribution in [0.1, 0.15) is 5.56 Å². The molecule has 1 atom stereocenters. The highest BCUT2D eigenvalue weighted by Crippen LogP contribution is 2.33. The molecule has 31 heavy (non-hydrogen) atoms. The second-order valence-electron chi connectivity index (χ2n) is 8.30. The fraction of sp³-hybridized carbons (Fsp3) is 0.333. The van der Waals surface area contributed by atoms with Crippen LogP contribution in [0.2, 0.25) is 0 Å². The minimum atomic E-state index is -0.408. The predicted molar refractivity (Wildman–Crippen MR) is 137 cm³/mol. The smallest absolute Gasteiger partial charge is 0.0845 e. The van der Waals surface area contributed by atoms with Crippen molar-refractivity contribution in [3.63, 3.8) is 0 Å². The molecule has 7 heteroatoms. The van der Waals surface area contributed by atoms with Gasteiger partial charge in [-0.2, -0.15) is 11.3 Å². The van der Waals surface area contributed by atoms with Crippen molar-refractivity contribution in [1.29, 1.82) is 0 Å². The lowest BCUT2D eigenvalue weighted by atomic mass is 10.2. The second-order valence-corrected chi connectivity index (χ2v) is 10.9. The predicted octanol–water partition coefficient (Wildman–Crippen LogP) is 5.56. The first-order chi connectivity index (χ1) is 15.1. The Kier molecular flexibility index (Phi) is 6.51. The first-order valence-corrected chi connectivity index (χ1v) is 13.1. The van der Waals surface area contributed by atoms with Crippen LogP contribution in [-0.2, 0) is 13.1 Å². The monoisotopic (exact) mass is 561 g/mol. The highest BCUT2D eigenvalue weighted by atomic mass is 79.9. The molecule has 2 aromatic carbocycles.